The summed E-state index contributed by atoms with van der Waals surface area (Å²) in [6.07, 6.45) is 0.198. The fourth-order valence-corrected chi connectivity index (χ4v) is 3.19. The first-order valence-corrected chi connectivity index (χ1v) is 9.56. The molecule has 0 unspecified atom stereocenters. The molecule has 3 N–H and O–H groups in total. The second-order valence-corrected chi connectivity index (χ2v) is 7.01. The minimum atomic E-state index is -0.485. The van der Waals surface area contributed by atoms with E-state index in [0.717, 1.165) is 17.3 Å². The number of H-pyrrole nitrogens is 1. The van der Waals surface area contributed by atoms with Crippen LogP contribution >= 0.6 is 11.8 Å². The second kappa shape index (κ2) is 9.24. The van der Waals surface area contributed by atoms with Gasteiger partial charge in [0.2, 0.25) is 11.8 Å². The van der Waals surface area contributed by atoms with Gasteiger partial charge in [-0.25, -0.2) is 4.39 Å². The molecule has 0 bridgehead atoms. The molecule has 29 heavy (non-hydrogen) atoms. The van der Waals surface area contributed by atoms with Crippen LogP contribution in [0.1, 0.15) is 11.1 Å². The van der Waals surface area contributed by atoms with E-state index in [2.05, 4.69) is 15.3 Å². The number of anilines is 1. The summed E-state index contributed by atoms with van der Waals surface area (Å²) >= 11 is 0.951. The summed E-state index contributed by atoms with van der Waals surface area (Å²) in [5, 5.41) is 12.8. The van der Waals surface area contributed by atoms with Gasteiger partial charge in [0.1, 0.15) is 11.6 Å². The van der Waals surface area contributed by atoms with Crippen LogP contribution in [0.15, 0.2) is 58.5 Å². The lowest BCUT2D eigenvalue weighted by atomic mass is 10.1. The largest absolute Gasteiger partial charge is 0.497 e. The Morgan fingerprint density at radius 1 is 1.28 bits per heavy atom. The van der Waals surface area contributed by atoms with Gasteiger partial charge in [-0.05, 0) is 35.9 Å². The van der Waals surface area contributed by atoms with Crippen molar-refractivity contribution in [2.45, 2.75) is 11.6 Å². The quantitative estimate of drug-likeness (QED) is 0.405. The van der Waals surface area contributed by atoms with Gasteiger partial charge in [0.05, 0.1) is 18.4 Å². The molecule has 0 aliphatic carbocycles. The van der Waals surface area contributed by atoms with Crippen LogP contribution in [0.4, 0.5) is 10.1 Å². The van der Waals surface area contributed by atoms with E-state index in [1.54, 1.807) is 37.4 Å². The average molecular weight is 415 g/mol. The standard InChI is InChI=1S/C20H18FN3O4S/c1-28-15-7-5-12(6-8-15)9-16-18(26)23-20(24-19(16)27)29-11-17(25)22-14-4-2-3-13(21)10-14/h2-8,10H,9,11H2,1H3,(H,22,25)(H2,23,24,26,27). The Bertz CT molecular complexity index is 1070. The summed E-state index contributed by atoms with van der Waals surface area (Å²) in [4.78, 5) is 30.8. The number of hydrogen-bond donors (Lipinski definition) is 3. The predicted molar refractivity (Wildman–Crippen MR) is 108 cm³/mol. The van der Waals surface area contributed by atoms with Crippen molar-refractivity contribution in [2.24, 2.45) is 0 Å². The molecule has 7 nitrogen and oxygen atoms in total. The van der Waals surface area contributed by atoms with Crippen LogP contribution in [0.3, 0.4) is 0 Å². The molecule has 2 aromatic carbocycles. The summed E-state index contributed by atoms with van der Waals surface area (Å²) in [6, 6.07) is 12.6. The maximum Gasteiger partial charge on any atom is 0.258 e. The van der Waals surface area contributed by atoms with E-state index < -0.39 is 23.2 Å². The molecule has 150 valence electrons. The van der Waals surface area contributed by atoms with Gasteiger partial charge >= 0.3 is 0 Å². The molecule has 0 saturated carbocycles. The number of carbonyl (C=O) groups excluding carboxylic acids is 1. The van der Waals surface area contributed by atoms with E-state index >= 15 is 0 Å². The summed E-state index contributed by atoms with van der Waals surface area (Å²) in [5.74, 6) is -0.633. The Labute approximate surface area is 170 Å². The van der Waals surface area contributed by atoms with Crippen LogP contribution in [0.2, 0.25) is 0 Å². The molecule has 3 rings (SSSR count). The van der Waals surface area contributed by atoms with Crippen LogP contribution in [0, 0.1) is 5.82 Å². The lowest BCUT2D eigenvalue weighted by Crippen LogP contribution is -2.17. The minimum absolute atomic E-state index is 0.0727. The number of nitrogens with zero attached hydrogens (tertiary/aromatic N) is 1. The highest BCUT2D eigenvalue weighted by molar-refractivity contribution is 7.99. The minimum Gasteiger partial charge on any atom is -0.497 e. The zero-order valence-electron chi connectivity index (χ0n) is 15.4. The Kier molecular flexibility index (Phi) is 6.50. The van der Waals surface area contributed by atoms with Crippen molar-refractivity contribution in [1.29, 1.82) is 0 Å². The summed E-state index contributed by atoms with van der Waals surface area (Å²) in [5.41, 5.74) is 0.781. The van der Waals surface area contributed by atoms with Crippen molar-refractivity contribution in [3.05, 3.63) is 75.8 Å². The van der Waals surface area contributed by atoms with Gasteiger partial charge in [-0.15, -0.1) is 0 Å². The van der Waals surface area contributed by atoms with Crippen LogP contribution in [0.5, 0.6) is 11.6 Å². The van der Waals surface area contributed by atoms with E-state index in [1.807, 2.05) is 0 Å². The monoisotopic (exact) mass is 415 g/mol. The number of ether oxygens (including phenoxy) is 1. The van der Waals surface area contributed by atoms with Crippen molar-refractivity contribution in [3.63, 3.8) is 0 Å². The van der Waals surface area contributed by atoms with Gasteiger partial charge < -0.3 is 20.1 Å². The molecule has 1 heterocycles. The van der Waals surface area contributed by atoms with Gasteiger partial charge in [-0.2, -0.15) is 4.98 Å². The lowest BCUT2D eigenvalue weighted by Gasteiger charge is -2.07. The number of rotatable bonds is 7. The predicted octanol–water partition coefficient (Wildman–Crippen LogP) is 2.94. The van der Waals surface area contributed by atoms with Gasteiger partial charge in [-0.1, -0.05) is 30.0 Å². The number of benzene rings is 2. The SMILES string of the molecule is COc1ccc(Cc2c(O)nc(SCC(=O)Nc3cccc(F)c3)[nH]c2=O)cc1. The molecule has 0 aliphatic heterocycles. The van der Waals surface area contributed by atoms with Crippen molar-refractivity contribution in [1.82, 2.24) is 9.97 Å². The number of nitrogens with one attached hydrogen (secondary N) is 2. The number of carbonyl (C=O) groups is 1. The molecular weight excluding hydrogens is 397 g/mol. The van der Waals surface area contributed by atoms with Crippen LogP contribution in [0.25, 0.3) is 0 Å². The third-order valence-electron chi connectivity index (χ3n) is 3.96. The van der Waals surface area contributed by atoms with Crippen molar-refractivity contribution in [2.75, 3.05) is 18.2 Å². The molecule has 0 fully saturated rings. The van der Waals surface area contributed by atoms with E-state index in [-0.39, 0.29) is 22.9 Å². The molecule has 1 amide bonds. The Balaban J connectivity index is 1.63. The Hall–Kier alpha value is -3.33. The normalized spacial score (nSPS) is 10.6. The van der Waals surface area contributed by atoms with Crippen molar-refractivity contribution < 1.29 is 19.0 Å². The average Bonchev–Trinajstić information content (AvgIpc) is 2.69. The smallest absolute Gasteiger partial charge is 0.258 e. The molecular formula is C20H18FN3O4S. The van der Waals surface area contributed by atoms with Crippen LogP contribution in [-0.2, 0) is 11.2 Å². The van der Waals surface area contributed by atoms with Gasteiger partial charge in [-0.3, -0.25) is 9.59 Å². The second-order valence-electron chi connectivity index (χ2n) is 6.05. The topological polar surface area (TPSA) is 104 Å². The first-order valence-electron chi connectivity index (χ1n) is 8.58. The number of methoxy groups -OCH3 is 1. The maximum atomic E-state index is 13.1. The van der Waals surface area contributed by atoms with E-state index in [1.165, 1.54) is 18.2 Å². The number of aromatic hydroxyl groups is 1. The molecule has 0 spiro atoms. The highest BCUT2D eigenvalue weighted by atomic mass is 32.2. The zero-order valence-corrected chi connectivity index (χ0v) is 16.3. The fraction of sp³-hybridized carbons (Fsp3) is 0.150. The molecule has 0 aliphatic rings. The number of amides is 1. The zero-order chi connectivity index (χ0) is 20.8. The first kappa shape index (κ1) is 20.4. The first-order chi connectivity index (χ1) is 13.9. The van der Waals surface area contributed by atoms with Gasteiger partial charge in [0, 0.05) is 12.1 Å². The van der Waals surface area contributed by atoms with Gasteiger partial charge in [0.25, 0.3) is 5.56 Å². The molecule has 0 atom stereocenters. The number of hydrogen-bond acceptors (Lipinski definition) is 6. The van der Waals surface area contributed by atoms with Crippen LogP contribution in [-0.4, -0.2) is 33.8 Å². The number of halogens is 1. The van der Waals surface area contributed by atoms with E-state index in [4.69, 9.17) is 4.74 Å². The van der Waals surface area contributed by atoms with Gasteiger partial charge in [0.15, 0.2) is 5.16 Å². The van der Waals surface area contributed by atoms with Crippen LogP contribution < -0.4 is 15.6 Å². The number of aromatic amines is 1. The van der Waals surface area contributed by atoms with E-state index in [9.17, 15) is 19.1 Å². The van der Waals surface area contributed by atoms with Crippen molar-refractivity contribution >= 4 is 23.4 Å². The number of thioether (sulfide) groups is 1. The lowest BCUT2D eigenvalue weighted by molar-refractivity contribution is -0.113. The third kappa shape index (κ3) is 5.58. The van der Waals surface area contributed by atoms with E-state index in [0.29, 0.717) is 11.4 Å². The van der Waals surface area contributed by atoms with Crippen molar-refractivity contribution in [3.8, 4) is 11.6 Å². The molecule has 0 radical (unpaired) electrons. The Morgan fingerprint density at radius 3 is 2.69 bits per heavy atom. The molecule has 1 aromatic heterocycles. The summed E-state index contributed by atoms with van der Waals surface area (Å²) < 4.78 is 18.2. The molecule has 0 saturated heterocycles. The highest BCUT2D eigenvalue weighted by Crippen LogP contribution is 2.20. The molecule has 3 aromatic rings. The molecule has 9 heteroatoms. The fourth-order valence-electron chi connectivity index (χ4n) is 2.54. The Morgan fingerprint density at radius 2 is 2.03 bits per heavy atom. The highest BCUT2D eigenvalue weighted by Gasteiger charge is 2.13. The number of aromatic nitrogens is 2. The maximum absolute atomic E-state index is 13.1. The third-order valence-corrected chi connectivity index (χ3v) is 4.83. The summed E-state index contributed by atoms with van der Waals surface area (Å²) in [6.45, 7) is 0. The summed E-state index contributed by atoms with van der Waals surface area (Å²) in [7, 11) is 1.56.